The Labute approximate surface area is 144 Å². The molecule has 0 fully saturated rings. The lowest BCUT2D eigenvalue weighted by molar-refractivity contribution is -0.122. The molecule has 0 heterocycles. The van der Waals surface area contributed by atoms with Gasteiger partial charge in [0.1, 0.15) is 6.04 Å². The molecule has 0 aromatic heterocycles. The van der Waals surface area contributed by atoms with E-state index < -0.39 is 29.5 Å². The Hall–Kier alpha value is -2.80. The van der Waals surface area contributed by atoms with Gasteiger partial charge in [-0.2, -0.15) is 0 Å². The topological polar surface area (TPSA) is 67.4 Å². The molecule has 0 radical (unpaired) electrons. The van der Waals surface area contributed by atoms with E-state index in [0.29, 0.717) is 12.2 Å². The predicted octanol–water partition coefficient (Wildman–Crippen LogP) is 2.33. The van der Waals surface area contributed by atoms with Gasteiger partial charge >= 0.3 is 0 Å². The zero-order chi connectivity index (χ0) is 18.4. The first-order valence-corrected chi connectivity index (χ1v) is 7.51. The summed E-state index contributed by atoms with van der Waals surface area (Å²) in [6.07, 6.45) is 0. The molecule has 7 heteroatoms. The molecule has 5 nitrogen and oxygen atoms in total. The van der Waals surface area contributed by atoms with E-state index in [0.717, 1.165) is 17.7 Å². The monoisotopic (exact) mass is 348 g/mol. The summed E-state index contributed by atoms with van der Waals surface area (Å²) in [6.45, 7) is 0.414. The number of amides is 2. The number of rotatable bonds is 6. The first kappa shape index (κ1) is 18.5. The highest BCUT2D eigenvalue weighted by atomic mass is 19.2. The molecular weight excluding hydrogens is 330 g/mol. The van der Waals surface area contributed by atoms with Gasteiger partial charge in [0.05, 0.1) is 6.61 Å². The van der Waals surface area contributed by atoms with Crippen molar-refractivity contribution < 1.29 is 23.1 Å². The van der Waals surface area contributed by atoms with Gasteiger partial charge in [0.15, 0.2) is 11.6 Å². The Bertz CT molecular complexity index is 763. The van der Waals surface area contributed by atoms with Crippen molar-refractivity contribution in [2.75, 3.05) is 14.2 Å². The predicted molar refractivity (Wildman–Crippen MR) is 87.8 cm³/mol. The van der Waals surface area contributed by atoms with Crippen LogP contribution in [-0.2, 0) is 16.1 Å². The summed E-state index contributed by atoms with van der Waals surface area (Å²) in [5.74, 6) is -3.18. The van der Waals surface area contributed by atoms with Crippen molar-refractivity contribution in [1.82, 2.24) is 10.6 Å². The van der Waals surface area contributed by atoms with Crippen molar-refractivity contribution in [3.8, 4) is 0 Å². The molecule has 0 aliphatic rings. The average Bonchev–Trinajstić information content (AvgIpc) is 2.62. The fourth-order valence-electron chi connectivity index (χ4n) is 2.27. The highest BCUT2D eigenvalue weighted by Gasteiger charge is 2.23. The van der Waals surface area contributed by atoms with Crippen LogP contribution in [0.25, 0.3) is 0 Å². The van der Waals surface area contributed by atoms with E-state index in [9.17, 15) is 18.4 Å². The molecule has 0 saturated carbocycles. The molecule has 0 spiro atoms. The second-order valence-electron chi connectivity index (χ2n) is 5.32. The molecule has 1 unspecified atom stereocenters. The Kier molecular flexibility index (Phi) is 6.19. The normalized spacial score (nSPS) is 11.7. The van der Waals surface area contributed by atoms with Crippen molar-refractivity contribution >= 4 is 11.8 Å². The number of ether oxygens (including phenoxy) is 1. The lowest BCUT2D eigenvalue weighted by Gasteiger charge is -2.18. The molecule has 0 aliphatic carbocycles. The highest BCUT2D eigenvalue weighted by molar-refractivity contribution is 5.97. The molecule has 132 valence electrons. The largest absolute Gasteiger partial charge is 0.380 e. The van der Waals surface area contributed by atoms with Crippen molar-refractivity contribution in [3.05, 3.63) is 70.8 Å². The zero-order valence-corrected chi connectivity index (χ0v) is 13.8. The minimum Gasteiger partial charge on any atom is -0.380 e. The summed E-state index contributed by atoms with van der Waals surface area (Å²) < 4.78 is 31.6. The maximum Gasteiger partial charge on any atom is 0.252 e. The van der Waals surface area contributed by atoms with E-state index in [1.807, 2.05) is 0 Å². The number of hydrogen-bond donors (Lipinski definition) is 2. The summed E-state index contributed by atoms with van der Waals surface area (Å²) in [4.78, 5) is 24.4. The number of methoxy groups -OCH3 is 1. The van der Waals surface area contributed by atoms with Gasteiger partial charge in [-0.05, 0) is 35.4 Å². The van der Waals surface area contributed by atoms with Crippen LogP contribution in [0.4, 0.5) is 8.78 Å². The standard InChI is InChI=1S/C18H18F2N2O3/c1-21-18(24)16(13-7-8-14(19)15(20)9-13)22-17(23)12-5-3-11(4-6-12)10-25-2/h3-9,16H,10H2,1-2H3,(H,21,24)(H,22,23). The van der Waals surface area contributed by atoms with Gasteiger partial charge in [0.2, 0.25) is 5.91 Å². The van der Waals surface area contributed by atoms with Crippen LogP contribution >= 0.6 is 0 Å². The quantitative estimate of drug-likeness (QED) is 0.842. The van der Waals surface area contributed by atoms with Gasteiger partial charge in [0.25, 0.3) is 5.91 Å². The molecule has 2 aromatic rings. The van der Waals surface area contributed by atoms with E-state index >= 15 is 0 Å². The van der Waals surface area contributed by atoms with Crippen molar-refractivity contribution in [1.29, 1.82) is 0 Å². The van der Waals surface area contributed by atoms with Crippen LogP contribution in [-0.4, -0.2) is 26.0 Å². The van der Waals surface area contributed by atoms with Crippen LogP contribution in [0, 0.1) is 11.6 Å². The van der Waals surface area contributed by atoms with E-state index in [1.165, 1.54) is 13.1 Å². The van der Waals surface area contributed by atoms with Gasteiger partial charge in [-0.3, -0.25) is 9.59 Å². The summed E-state index contributed by atoms with van der Waals surface area (Å²) in [6, 6.07) is 8.54. The number of carbonyl (C=O) groups is 2. The highest BCUT2D eigenvalue weighted by Crippen LogP contribution is 2.18. The van der Waals surface area contributed by atoms with E-state index in [-0.39, 0.29) is 5.56 Å². The lowest BCUT2D eigenvalue weighted by Crippen LogP contribution is -2.39. The van der Waals surface area contributed by atoms with Gasteiger partial charge in [-0.1, -0.05) is 18.2 Å². The van der Waals surface area contributed by atoms with E-state index in [1.54, 1.807) is 31.4 Å². The van der Waals surface area contributed by atoms with Gasteiger partial charge in [-0.15, -0.1) is 0 Å². The minimum atomic E-state index is -1.15. The van der Waals surface area contributed by atoms with Gasteiger partial charge < -0.3 is 15.4 Å². The fourth-order valence-corrected chi connectivity index (χ4v) is 2.27. The fraction of sp³-hybridized carbons (Fsp3) is 0.222. The molecule has 0 aliphatic heterocycles. The van der Waals surface area contributed by atoms with Crippen LogP contribution in [0.3, 0.4) is 0 Å². The first-order chi connectivity index (χ1) is 12.0. The summed E-state index contributed by atoms with van der Waals surface area (Å²) in [5.41, 5.74) is 1.36. The average molecular weight is 348 g/mol. The zero-order valence-electron chi connectivity index (χ0n) is 13.8. The minimum absolute atomic E-state index is 0.141. The van der Waals surface area contributed by atoms with Gasteiger partial charge in [-0.25, -0.2) is 8.78 Å². The number of carbonyl (C=O) groups excluding carboxylic acids is 2. The molecule has 2 amide bonds. The van der Waals surface area contributed by atoms with Crippen LogP contribution in [0.5, 0.6) is 0 Å². The van der Waals surface area contributed by atoms with E-state index in [2.05, 4.69) is 10.6 Å². The molecule has 2 N–H and O–H groups in total. The molecule has 2 aromatic carbocycles. The second-order valence-corrected chi connectivity index (χ2v) is 5.32. The lowest BCUT2D eigenvalue weighted by atomic mass is 10.0. The third-order valence-corrected chi connectivity index (χ3v) is 3.59. The third kappa shape index (κ3) is 4.60. The molecule has 25 heavy (non-hydrogen) atoms. The Morgan fingerprint density at radius 3 is 2.32 bits per heavy atom. The number of halogens is 2. The Morgan fingerprint density at radius 1 is 1.08 bits per heavy atom. The molecule has 0 saturated heterocycles. The Morgan fingerprint density at radius 2 is 1.76 bits per heavy atom. The number of benzene rings is 2. The van der Waals surface area contributed by atoms with Crippen molar-refractivity contribution in [3.63, 3.8) is 0 Å². The van der Waals surface area contributed by atoms with Crippen LogP contribution < -0.4 is 10.6 Å². The van der Waals surface area contributed by atoms with Crippen molar-refractivity contribution in [2.45, 2.75) is 12.6 Å². The number of hydrogen-bond acceptors (Lipinski definition) is 3. The molecular formula is C18H18F2N2O3. The summed E-state index contributed by atoms with van der Waals surface area (Å²) in [7, 11) is 2.96. The Balaban J connectivity index is 2.22. The SMILES string of the molecule is CNC(=O)C(NC(=O)c1ccc(COC)cc1)c1ccc(F)c(F)c1. The number of nitrogens with one attached hydrogen (secondary N) is 2. The van der Waals surface area contributed by atoms with E-state index in [4.69, 9.17) is 4.74 Å². The summed E-state index contributed by atoms with van der Waals surface area (Å²) in [5, 5.41) is 4.92. The second kappa shape index (κ2) is 8.34. The smallest absolute Gasteiger partial charge is 0.252 e. The van der Waals surface area contributed by atoms with Crippen LogP contribution in [0.1, 0.15) is 27.5 Å². The number of likely N-dealkylation sites (N-methyl/N-ethyl adjacent to an activating group) is 1. The van der Waals surface area contributed by atoms with Gasteiger partial charge in [0, 0.05) is 19.7 Å². The molecule has 0 bridgehead atoms. The molecule has 1 atom stereocenters. The first-order valence-electron chi connectivity index (χ1n) is 7.51. The van der Waals surface area contributed by atoms with Crippen LogP contribution in [0.15, 0.2) is 42.5 Å². The summed E-state index contributed by atoms with van der Waals surface area (Å²) >= 11 is 0. The maximum absolute atomic E-state index is 13.5. The van der Waals surface area contributed by atoms with Crippen molar-refractivity contribution in [2.24, 2.45) is 0 Å². The third-order valence-electron chi connectivity index (χ3n) is 3.59. The molecule has 2 rings (SSSR count). The van der Waals surface area contributed by atoms with Crippen LogP contribution in [0.2, 0.25) is 0 Å². The maximum atomic E-state index is 13.5.